The van der Waals surface area contributed by atoms with E-state index >= 15 is 0 Å². The highest BCUT2D eigenvalue weighted by Gasteiger charge is 2.22. The molecule has 9 heteroatoms. The number of nitrogens with one attached hydrogen (secondary N) is 1. The van der Waals surface area contributed by atoms with Crippen LogP contribution < -0.4 is 10.2 Å². The minimum absolute atomic E-state index is 0.0750. The number of amides is 2. The number of nitrogens with zero attached hydrogens (tertiary/aromatic N) is 4. The van der Waals surface area contributed by atoms with Gasteiger partial charge in [-0.25, -0.2) is 0 Å². The molecule has 1 aliphatic rings. The van der Waals surface area contributed by atoms with Gasteiger partial charge in [0, 0.05) is 48.7 Å². The molecule has 8 nitrogen and oxygen atoms in total. The van der Waals surface area contributed by atoms with Gasteiger partial charge in [-0.2, -0.15) is 0 Å². The van der Waals surface area contributed by atoms with Gasteiger partial charge in [0.25, 0.3) is 11.1 Å². The second kappa shape index (κ2) is 11.9. The van der Waals surface area contributed by atoms with Gasteiger partial charge in [-0.1, -0.05) is 59.8 Å². The van der Waals surface area contributed by atoms with E-state index in [-0.39, 0.29) is 17.6 Å². The molecule has 0 bridgehead atoms. The fraction of sp³-hybridized carbons (Fsp3) is 0.188. The average Bonchev–Trinajstić information content (AvgIpc) is 3.50. The topological polar surface area (TPSA) is 91.6 Å². The van der Waals surface area contributed by atoms with E-state index in [4.69, 9.17) is 4.42 Å². The van der Waals surface area contributed by atoms with Crippen molar-refractivity contribution in [2.45, 2.75) is 12.1 Å². The van der Waals surface area contributed by atoms with E-state index in [1.807, 2.05) is 96.8 Å². The van der Waals surface area contributed by atoms with Crippen molar-refractivity contribution in [3.8, 4) is 11.5 Å². The monoisotopic (exact) mass is 563 g/mol. The van der Waals surface area contributed by atoms with Crippen LogP contribution in [-0.2, 0) is 4.79 Å². The summed E-state index contributed by atoms with van der Waals surface area (Å²) in [5.41, 5.74) is 4.49. The van der Waals surface area contributed by atoms with Gasteiger partial charge >= 0.3 is 0 Å². The first-order valence-corrected chi connectivity index (χ1v) is 14.5. The van der Waals surface area contributed by atoms with Crippen LogP contribution >= 0.6 is 11.8 Å². The number of rotatable bonds is 7. The number of aryl methyl sites for hydroxylation is 1. The summed E-state index contributed by atoms with van der Waals surface area (Å²) in [5, 5.41) is 13.7. The highest BCUT2D eigenvalue weighted by Crippen LogP contribution is 2.27. The molecule has 1 fully saturated rings. The second-order valence-electron chi connectivity index (χ2n) is 9.96. The number of hydrogen-bond acceptors (Lipinski definition) is 7. The fourth-order valence-corrected chi connectivity index (χ4v) is 5.40. The van der Waals surface area contributed by atoms with Gasteiger partial charge in [-0.3, -0.25) is 9.59 Å². The third-order valence-corrected chi connectivity index (χ3v) is 7.93. The molecule has 206 valence electrons. The Morgan fingerprint density at radius 3 is 2.34 bits per heavy atom. The number of fused-ring (bicyclic) bond motifs is 1. The maximum atomic E-state index is 12.8. The van der Waals surface area contributed by atoms with E-state index in [1.54, 1.807) is 0 Å². The number of benzene rings is 4. The Balaban J connectivity index is 0.979. The molecular formula is C32H29N5O3S. The number of thioether (sulfide) groups is 1. The highest BCUT2D eigenvalue weighted by molar-refractivity contribution is 7.99. The summed E-state index contributed by atoms with van der Waals surface area (Å²) in [6.45, 7) is 4.86. The molecule has 5 aromatic rings. The summed E-state index contributed by atoms with van der Waals surface area (Å²) < 4.78 is 5.78. The number of piperazine rings is 1. The Morgan fingerprint density at radius 1 is 0.854 bits per heavy atom. The van der Waals surface area contributed by atoms with E-state index in [0.29, 0.717) is 24.2 Å². The zero-order chi connectivity index (χ0) is 28.2. The van der Waals surface area contributed by atoms with E-state index in [0.717, 1.165) is 51.9 Å². The lowest BCUT2D eigenvalue weighted by molar-refractivity contribution is -0.113. The fourth-order valence-electron chi connectivity index (χ4n) is 4.83. The number of hydrogen-bond donors (Lipinski definition) is 1. The maximum Gasteiger partial charge on any atom is 0.277 e. The van der Waals surface area contributed by atoms with Gasteiger partial charge in [-0.05, 0) is 66.2 Å². The van der Waals surface area contributed by atoms with Crippen LogP contribution in [0.3, 0.4) is 0 Å². The van der Waals surface area contributed by atoms with E-state index in [9.17, 15) is 9.59 Å². The van der Waals surface area contributed by atoms with Crippen molar-refractivity contribution in [2.75, 3.05) is 42.1 Å². The maximum absolute atomic E-state index is 12.8. The van der Waals surface area contributed by atoms with E-state index in [2.05, 4.69) is 26.5 Å². The predicted octanol–water partition coefficient (Wildman–Crippen LogP) is 5.89. The summed E-state index contributed by atoms with van der Waals surface area (Å²) >= 11 is 1.20. The van der Waals surface area contributed by atoms with E-state index in [1.165, 1.54) is 11.8 Å². The molecule has 4 aromatic carbocycles. The zero-order valence-corrected chi connectivity index (χ0v) is 23.4. The molecule has 1 saturated heterocycles. The molecular weight excluding hydrogens is 534 g/mol. The third kappa shape index (κ3) is 6.25. The van der Waals surface area contributed by atoms with Crippen LogP contribution in [0.5, 0.6) is 0 Å². The molecule has 0 unspecified atom stereocenters. The lowest BCUT2D eigenvalue weighted by Crippen LogP contribution is -2.48. The van der Waals surface area contributed by atoms with Crippen molar-refractivity contribution in [1.82, 2.24) is 15.1 Å². The van der Waals surface area contributed by atoms with Crippen molar-refractivity contribution in [3.63, 3.8) is 0 Å². The average molecular weight is 564 g/mol. The zero-order valence-electron chi connectivity index (χ0n) is 22.6. The molecule has 0 atom stereocenters. The predicted molar refractivity (Wildman–Crippen MR) is 162 cm³/mol. The van der Waals surface area contributed by atoms with Crippen molar-refractivity contribution >= 4 is 45.7 Å². The van der Waals surface area contributed by atoms with E-state index < -0.39 is 0 Å². The number of carbonyl (C=O) groups is 2. The first kappa shape index (κ1) is 26.6. The number of carbonyl (C=O) groups excluding carboxylic acids is 2. The molecule has 0 aliphatic carbocycles. The molecule has 6 rings (SSSR count). The summed E-state index contributed by atoms with van der Waals surface area (Å²) in [4.78, 5) is 29.5. The van der Waals surface area contributed by atoms with Crippen LogP contribution in [0.1, 0.15) is 15.9 Å². The lowest BCUT2D eigenvalue weighted by Gasteiger charge is -2.36. The highest BCUT2D eigenvalue weighted by atomic mass is 32.2. The van der Waals surface area contributed by atoms with Gasteiger partial charge < -0.3 is 19.5 Å². The molecule has 0 saturated carbocycles. The van der Waals surface area contributed by atoms with Crippen molar-refractivity contribution in [3.05, 3.63) is 102 Å². The molecule has 1 N–H and O–H groups in total. The molecule has 2 heterocycles. The first-order valence-electron chi connectivity index (χ1n) is 13.5. The summed E-state index contributed by atoms with van der Waals surface area (Å²) in [7, 11) is 0. The van der Waals surface area contributed by atoms with Crippen LogP contribution in [0.25, 0.3) is 22.2 Å². The Bertz CT molecular complexity index is 1680. The van der Waals surface area contributed by atoms with Crippen molar-refractivity contribution < 1.29 is 14.0 Å². The summed E-state index contributed by atoms with van der Waals surface area (Å²) in [6, 6.07) is 29.6. The summed E-state index contributed by atoms with van der Waals surface area (Å²) in [5.74, 6) is 0.495. The van der Waals surface area contributed by atoms with Crippen LogP contribution in [-0.4, -0.2) is 58.8 Å². The Hall–Kier alpha value is -4.63. The largest absolute Gasteiger partial charge is 0.411 e. The molecule has 0 radical (unpaired) electrons. The van der Waals surface area contributed by atoms with Crippen molar-refractivity contribution in [1.29, 1.82) is 0 Å². The molecule has 1 aromatic heterocycles. The number of aromatic nitrogens is 2. The third-order valence-electron chi connectivity index (χ3n) is 7.11. The van der Waals surface area contributed by atoms with Crippen LogP contribution in [0.2, 0.25) is 0 Å². The van der Waals surface area contributed by atoms with Crippen LogP contribution in [0.4, 0.5) is 11.4 Å². The Kier molecular flexibility index (Phi) is 7.69. The smallest absolute Gasteiger partial charge is 0.277 e. The minimum atomic E-state index is -0.156. The Morgan fingerprint density at radius 2 is 1.59 bits per heavy atom. The molecule has 2 amide bonds. The van der Waals surface area contributed by atoms with Crippen LogP contribution in [0, 0.1) is 6.92 Å². The van der Waals surface area contributed by atoms with Gasteiger partial charge in [0.15, 0.2) is 0 Å². The first-order chi connectivity index (χ1) is 20.0. The Labute approximate surface area is 242 Å². The summed E-state index contributed by atoms with van der Waals surface area (Å²) in [6.07, 6.45) is 0. The van der Waals surface area contributed by atoms with Crippen molar-refractivity contribution in [2.24, 2.45) is 0 Å². The molecule has 1 aliphatic heterocycles. The normalized spacial score (nSPS) is 13.4. The molecule has 0 spiro atoms. The van der Waals surface area contributed by atoms with Gasteiger partial charge in [0.1, 0.15) is 0 Å². The SMILES string of the molecule is Cc1ccc(C(=O)N2CCN(c3ccc(NC(=O)CSc4nnc(-c5ccc6ccccc6c5)o4)cc3)CC2)cc1. The molecule has 41 heavy (non-hydrogen) atoms. The quantitative estimate of drug-likeness (QED) is 0.247. The van der Waals surface area contributed by atoms with Crippen LogP contribution in [0.15, 0.2) is 101 Å². The van der Waals surface area contributed by atoms with Gasteiger partial charge in [0.2, 0.25) is 11.8 Å². The van der Waals surface area contributed by atoms with Gasteiger partial charge in [0.05, 0.1) is 5.75 Å². The minimum Gasteiger partial charge on any atom is -0.411 e. The standard InChI is InChI=1S/C32H29N5O3S/c1-22-6-8-24(9-7-22)31(39)37-18-16-36(17-19-37)28-14-12-27(13-15-28)33-29(38)21-41-32-35-34-30(40-32)26-11-10-23-4-2-3-5-25(23)20-26/h2-15,20H,16-19,21H2,1H3,(H,33,38). The van der Waals surface area contributed by atoms with Gasteiger partial charge in [-0.15, -0.1) is 10.2 Å². The second-order valence-corrected chi connectivity index (χ2v) is 10.9. The lowest BCUT2D eigenvalue weighted by atomic mass is 10.1. The number of anilines is 2.